The Morgan fingerprint density at radius 2 is 2.40 bits per heavy atom. The third kappa shape index (κ3) is 3.68. The molecule has 0 aromatic rings. The first-order valence-electron chi connectivity index (χ1n) is 5.11. The third-order valence-electron chi connectivity index (χ3n) is 2.28. The minimum Gasteiger partial charge on any atom is -0.392 e. The summed E-state index contributed by atoms with van der Waals surface area (Å²) in [6.07, 6.45) is 10.6. The van der Waals surface area contributed by atoms with Crippen LogP contribution in [0.2, 0.25) is 0 Å². The maximum atomic E-state index is 8.96. The fraction of sp³-hybridized carbons (Fsp3) is 0.308. The quantitative estimate of drug-likeness (QED) is 0.699. The minimum atomic E-state index is 0.0629. The molecule has 1 rings (SSSR count). The molecule has 80 valence electrons. The Morgan fingerprint density at radius 3 is 2.93 bits per heavy atom. The number of hydrogen-bond acceptors (Lipinski definition) is 2. The van der Waals surface area contributed by atoms with Gasteiger partial charge in [-0.25, -0.2) is 0 Å². The number of allylic oxidation sites excluding steroid dienone is 4. The van der Waals surface area contributed by atoms with Crippen LogP contribution in [0.15, 0.2) is 52.6 Å². The number of dihydropyridines is 1. The van der Waals surface area contributed by atoms with E-state index in [0.717, 1.165) is 29.7 Å². The molecule has 2 nitrogen and oxygen atoms in total. The number of aliphatic imine (C=N–C) groups is 1. The van der Waals surface area contributed by atoms with Gasteiger partial charge in [0.15, 0.2) is 0 Å². The summed E-state index contributed by atoms with van der Waals surface area (Å²) in [5.74, 6) is 0. The van der Waals surface area contributed by atoms with E-state index in [9.17, 15) is 0 Å². The number of hydrogen-bond donors (Lipinski definition) is 1. The predicted octanol–water partition coefficient (Wildman–Crippen LogP) is 2.44. The molecule has 0 spiro atoms. The first-order valence-corrected chi connectivity index (χ1v) is 5.11. The summed E-state index contributed by atoms with van der Waals surface area (Å²) in [6, 6.07) is 0. The van der Waals surface area contributed by atoms with Crippen molar-refractivity contribution in [2.45, 2.75) is 13.3 Å². The van der Waals surface area contributed by atoms with E-state index in [1.165, 1.54) is 0 Å². The Kier molecular flexibility index (Phi) is 4.78. The second kappa shape index (κ2) is 6.14. The minimum absolute atomic E-state index is 0.0629. The van der Waals surface area contributed by atoms with Crippen molar-refractivity contribution in [3.8, 4) is 0 Å². The fourth-order valence-electron chi connectivity index (χ4n) is 1.27. The van der Waals surface area contributed by atoms with Crippen molar-refractivity contribution >= 4 is 6.21 Å². The highest BCUT2D eigenvalue weighted by Crippen LogP contribution is 2.12. The van der Waals surface area contributed by atoms with Gasteiger partial charge in [-0.15, -0.1) is 0 Å². The Labute approximate surface area is 91.0 Å². The maximum absolute atomic E-state index is 8.96. The highest BCUT2D eigenvalue weighted by atomic mass is 16.3. The van der Waals surface area contributed by atoms with Crippen LogP contribution in [0.1, 0.15) is 13.3 Å². The van der Waals surface area contributed by atoms with E-state index < -0.39 is 0 Å². The maximum Gasteiger partial charge on any atom is 0.0678 e. The van der Waals surface area contributed by atoms with E-state index in [1.807, 2.05) is 31.4 Å². The Morgan fingerprint density at radius 1 is 1.60 bits per heavy atom. The van der Waals surface area contributed by atoms with E-state index in [2.05, 4.69) is 17.6 Å². The molecule has 1 aliphatic rings. The van der Waals surface area contributed by atoms with Gasteiger partial charge in [0.05, 0.1) is 6.61 Å². The molecule has 0 saturated carbocycles. The zero-order valence-corrected chi connectivity index (χ0v) is 9.11. The van der Waals surface area contributed by atoms with E-state index >= 15 is 0 Å². The van der Waals surface area contributed by atoms with E-state index in [0.29, 0.717) is 0 Å². The van der Waals surface area contributed by atoms with Crippen molar-refractivity contribution in [1.29, 1.82) is 0 Å². The van der Waals surface area contributed by atoms with Crippen LogP contribution in [-0.2, 0) is 0 Å². The summed E-state index contributed by atoms with van der Waals surface area (Å²) in [7, 11) is 0. The van der Waals surface area contributed by atoms with E-state index in [4.69, 9.17) is 5.11 Å². The van der Waals surface area contributed by atoms with Gasteiger partial charge in [-0.2, -0.15) is 0 Å². The first kappa shape index (κ1) is 11.7. The zero-order valence-electron chi connectivity index (χ0n) is 9.11. The summed E-state index contributed by atoms with van der Waals surface area (Å²) < 4.78 is 0. The summed E-state index contributed by atoms with van der Waals surface area (Å²) in [6.45, 7) is 6.80. The second-order valence-electron chi connectivity index (χ2n) is 3.36. The average Bonchev–Trinajstić information content (AvgIpc) is 2.31. The molecule has 0 radical (unpaired) electrons. The number of nitrogens with zero attached hydrogens (tertiary/aromatic N) is 1. The zero-order chi connectivity index (χ0) is 11.1. The van der Waals surface area contributed by atoms with Gasteiger partial charge in [0.1, 0.15) is 0 Å². The van der Waals surface area contributed by atoms with Crippen molar-refractivity contribution in [3.63, 3.8) is 0 Å². The molecule has 0 aromatic carbocycles. The van der Waals surface area contributed by atoms with Gasteiger partial charge in [-0.3, -0.25) is 4.99 Å². The summed E-state index contributed by atoms with van der Waals surface area (Å²) in [5, 5.41) is 8.96. The summed E-state index contributed by atoms with van der Waals surface area (Å²) in [4.78, 5) is 4.20. The van der Waals surface area contributed by atoms with Crippen LogP contribution < -0.4 is 0 Å². The van der Waals surface area contributed by atoms with Gasteiger partial charge in [0, 0.05) is 12.8 Å². The molecule has 1 N–H and O–H groups in total. The molecule has 0 aromatic heterocycles. The number of aliphatic hydroxyl groups is 1. The Balaban J connectivity index is 2.63. The molecule has 0 bridgehead atoms. The van der Waals surface area contributed by atoms with Crippen LogP contribution in [-0.4, -0.2) is 24.5 Å². The molecular weight excluding hydrogens is 186 g/mol. The van der Waals surface area contributed by atoms with Gasteiger partial charge < -0.3 is 5.11 Å². The number of rotatable bonds is 4. The molecule has 15 heavy (non-hydrogen) atoms. The molecule has 0 saturated heterocycles. The normalized spacial score (nSPS) is 16.9. The van der Waals surface area contributed by atoms with Gasteiger partial charge in [0.25, 0.3) is 0 Å². The SMILES string of the molecule is C=C(/C=C\C(=C/C)CO)C1=CCCN=C1. The predicted molar refractivity (Wildman–Crippen MR) is 65.2 cm³/mol. The van der Waals surface area contributed by atoms with Gasteiger partial charge in [-0.05, 0) is 30.1 Å². The van der Waals surface area contributed by atoms with Crippen LogP contribution in [0.25, 0.3) is 0 Å². The van der Waals surface area contributed by atoms with Crippen LogP contribution in [0, 0.1) is 0 Å². The average molecular weight is 203 g/mol. The van der Waals surface area contributed by atoms with Crippen LogP contribution in [0.3, 0.4) is 0 Å². The van der Waals surface area contributed by atoms with E-state index in [-0.39, 0.29) is 6.61 Å². The van der Waals surface area contributed by atoms with Crippen LogP contribution >= 0.6 is 0 Å². The molecule has 1 heterocycles. The largest absolute Gasteiger partial charge is 0.392 e. The fourth-order valence-corrected chi connectivity index (χ4v) is 1.27. The molecule has 0 fully saturated rings. The molecule has 0 aliphatic carbocycles. The molecule has 2 heteroatoms. The molecule has 1 aliphatic heterocycles. The molecule has 0 unspecified atom stereocenters. The lowest BCUT2D eigenvalue weighted by atomic mass is 10.0. The molecular formula is C13H17NO. The van der Waals surface area contributed by atoms with Crippen molar-refractivity contribution < 1.29 is 5.11 Å². The monoisotopic (exact) mass is 203 g/mol. The van der Waals surface area contributed by atoms with Gasteiger partial charge in [0.2, 0.25) is 0 Å². The van der Waals surface area contributed by atoms with Crippen molar-refractivity contribution in [2.24, 2.45) is 4.99 Å². The third-order valence-corrected chi connectivity index (χ3v) is 2.28. The van der Waals surface area contributed by atoms with Crippen molar-refractivity contribution in [1.82, 2.24) is 0 Å². The highest BCUT2D eigenvalue weighted by molar-refractivity contribution is 5.86. The highest BCUT2D eigenvalue weighted by Gasteiger charge is 1.99. The molecule has 0 atom stereocenters. The van der Waals surface area contributed by atoms with Crippen molar-refractivity contribution in [2.75, 3.05) is 13.2 Å². The number of aliphatic hydroxyl groups excluding tert-OH is 1. The second-order valence-corrected chi connectivity index (χ2v) is 3.36. The van der Waals surface area contributed by atoms with Gasteiger partial charge >= 0.3 is 0 Å². The topological polar surface area (TPSA) is 32.6 Å². The van der Waals surface area contributed by atoms with E-state index in [1.54, 1.807) is 0 Å². The first-order chi connectivity index (χ1) is 7.27. The summed E-state index contributed by atoms with van der Waals surface area (Å²) in [5.41, 5.74) is 2.90. The van der Waals surface area contributed by atoms with Crippen molar-refractivity contribution in [3.05, 3.63) is 47.6 Å². The Hall–Kier alpha value is -1.41. The van der Waals surface area contributed by atoms with Gasteiger partial charge in [-0.1, -0.05) is 30.9 Å². The van der Waals surface area contributed by atoms with Crippen LogP contribution in [0.4, 0.5) is 0 Å². The smallest absolute Gasteiger partial charge is 0.0678 e. The van der Waals surface area contributed by atoms with Crippen LogP contribution in [0.5, 0.6) is 0 Å². The lowest BCUT2D eigenvalue weighted by molar-refractivity contribution is 0.335. The standard InChI is InChI=1S/C13H17NO/c1-3-12(10-15)7-6-11(2)13-5-4-8-14-9-13/h3,5-7,9,15H,2,4,8,10H2,1H3/b7-6-,12-3+. The molecule has 0 amide bonds. The lowest BCUT2D eigenvalue weighted by Crippen LogP contribution is -1.95. The Bertz CT molecular complexity index is 346. The summed E-state index contributed by atoms with van der Waals surface area (Å²) >= 11 is 0. The lowest BCUT2D eigenvalue weighted by Gasteiger charge is -2.05.